The van der Waals surface area contributed by atoms with Gasteiger partial charge in [0.25, 0.3) is 0 Å². The molecule has 0 radical (unpaired) electrons. The molecule has 0 saturated carbocycles. The van der Waals surface area contributed by atoms with Gasteiger partial charge < -0.3 is 15.4 Å². The zero-order valence-corrected chi connectivity index (χ0v) is 15.3. The van der Waals surface area contributed by atoms with Crippen LogP contribution in [-0.2, 0) is 19.3 Å². The number of thiazole rings is 1. The summed E-state index contributed by atoms with van der Waals surface area (Å²) in [6.07, 6.45) is 2.53. The molecule has 24 heavy (non-hydrogen) atoms. The number of aromatic nitrogens is 1. The van der Waals surface area contributed by atoms with Crippen LogP contribution in [0.2, 0.25) is 0 Å². The highest BCUT2D eigenvalue weighted by Gasteiger charge is 2.06. The van der Waals surface area contributed by atoms with Crippen LogP contribution in [0, 0.1) is 6.92 Å². The minimum atomic E-state index is -0.132. The van der Waals surface area contributed by atoms with Crippen molar-refractivity contribution in [1.29, 1.82) is 0 Å². The van der Waals surface area contributed by atoms with Gasteiger partial charge in [0.1, 0.15) is 5.75 Å². The number of hydrogen-bond acceptors (Lipinski definition) is 4. The van der Waals surface area contributed by atoms with Crippen LogP contribution in [0.3, 0.4) is 0 Å². The second-order valence-electron chi connectivity index (χ2n) is 5.49. The minimum absolute atomic E-state index is 0.132. The largest absolute Gasteiger partial charge is 0.497 e. The summed E-state index contributed by atoms with van der Waals surface area (Å²) in [4.78, 5) is 17.6. The number of urea groups is 1. The van der Waals surface area contributed by atoms with Crippen molar-refractivity contribution in [2.24, 2.45) is 0 Å². The Balaban J connectivity index is 1.64. The standard InChI is InChI=1S/C18H25N3O2S/c1-4-16-13(2)24-17(21-16)10-12-20-18(22)19-11-9-14-5-7-15(23-3)8-6-14/h5-8H,4,9-12H2,1-3H3,(H2,19,20,22). The van der Waals surface area contributed by atoms with Crippen molar-refractivity contribution in [2.45, 2.75) is 33.1 Å². The number of carbonyl (C=O) groups excluding carboxylic acids is 1. The first-order valence-corrected chi connectivity index (χ1v) is 9.03. The Hall–Kier alpha value is -2.08. The molecule has 0 aliphatic heterocycles. The highest BCUT2D eigenvalue weighted by Crippen LogP contribution is 2.17. The minimum Gasteiger partial charge on any atom is -0.497 e. The van der Waals surface area contributed by atoms with Crippen LogP contribution in [0.5, 0.6) is 5.75 Å². The van der Waals surface area contributed by atoms with Crippen LogP contribution in [0.1, 0.15) is 28.1 Å². The maximum absolute atomic E-state index is 11.8. The van der Waals surface area contributed by atoms with E-state index in [9.17, 15) is 4.79 Å². The Morgan fingerprint density at radius 3 is 2.42 bits per heavy atom. The van der Waals surface area contributed by atoms with Crippen molar-refractivity contribution in [3.8, 4) is 5.75 Å². The van der Waals surface area contributed by atoms with E-state index < -0.39 is 0 Å². The molecule has 2 N–H and O–H groups in total. The molecule has 0 aliphatic carbocycles. The summed E-state index contributed by atoms with van der Waals surface area (Å²) >= 11 is 1.72. The Morgan fingerprint density at radius 1 is 1.17 bits per heavy atom. The van der Waals surface area contributed by atoms with Crippen LogP contribution in [-0.4, -0.2) is 31.2 Å². The van der Waals surface area contributed by atoms with Gasteiger partial charge in [0.2, 0.25) is 0 Å². The molecule has 130 valence electrons. The van der Waals surface area contributed by atoms with Crippen LogP contribution in [0.25, 0.3) is 0 Å². The summed E-state index contributed by atoms with van der Waals surface area (Å²) in [5, 5.41) is 6.84. The van der Waals surface area contributed by atoms with Gasteiger partial charge in [-0.1, -0.05) is 19.1 Å². The SMILES string of the molecule is CCc1nc(CCNC(=O)NCCc2ccc(OC)cc2)sc1C. The first kappa shape index (κ1) is 18.3. The Labute approximate surface area is 147 Å². The second-order valence-corrected chi connectivity index (χ2v) is 6.78. The molecule has 6 heteroatoms. The second kappa shape index (κ2) is 9.27. The summed E-state index contributed by atoms with van der Waals surface area (Å²) in [5.74, 6) is 0.841. The van der Waals surface area contributed by atoms with Crippen molar-refractivity contribution >= 4 is 17.4 Å². The molecule has 5 nitrogen and oxygen atoms in total. The van der Waals surface area contributed by atoms with Crippen molar-refractivity contribution < 1.29 is 9.53 Å². The Kier molecular flexibility index (Phi) is 7.06. The summed E-state index contributed by atoms with van der Waals surface area (Å²) in [5.41, 5.74) is 2.33. The van der Waals surface area contributed by atoms with E-state index in [1.54, 1.807) is 18.4 Å². The van der Waals surface area contributed by atoms with Crippen LogP contribution >= 0.6 is 11.3 Å². The predicted molar refractivity (Wildman–Crippen MR) is 98.0 cm³/mol. The highest BCUT2D eigenvalue weighted by molar-refractivity contribution is 7.11. The third-order valence-corrected chi connectivity index (χ3v) is 4.83. The number of nitrogens with zero attached hydrogens (tertiary/aromatic N) is 1. The topological polar surface area (TPSA) is 63.2 Å². The number of nitrogens with one attached hydrogen (secondary N) is 2. The normalized spacial score (nSPS) is 10.5. The van der Waals surface area contributed by atoms with Crippen LogP contribution in [0.15, 0.2) is 24.3 Å². The number of benzene rings is 1. The summed E-state index contributed by atoms with van der Waals surface area (Å²) in [6, 6.07) is 7.74. The van der Waals surface area contributed by atoms with E-state index in [2.05, 4.69) is 29.5 Å². The lowest BCUT2D eigenvalue weighted by Gasteiger charge is -2.07. The molecule has 0 saturated heterocycles. The smallest absolute Gasteiger partial charge is 0.314 e. The molecular formula is C18H25N3O2S. The third-order valence-electron chi connectivity index (χ3n) is 3.75. The number of carbonyl (C=O) groups is 1. The third kappa shape index (κ3) is 5.53. The van der Waals surface area contributed by atoms with Gasteiger partial charge in [-0.15, -0.1) is 11.3 Å². The fraction of sp³-hybridized carbons (Fsp3) is 0.444. The van der Waals surface area contributed by atoms with Gasteiger partial charge in [0.05, 0.1) is 17.8 Å². The molecule has 2 rings (SSSR count). The van der Waals surface area contributed by atoms with Crippen LogP contribution in [0.4, 0.5) is 4.79 Å². The van der Waals surface area contributed by atoms with E-state index in [1.165, 1.54) is 16.1 Å². The maximum atomic E-state index is 11.8. The Bertz CT molecular complexity index is 653. The molecule has 0 bridgehead atoms. The summed E-state index contributed by atoms with van der Waals surface area (Å²) < 4.78 is 5.12. The summed E-state index contributed by atoms with van der Waals surface area (Å²) in [6.45, 7) is 5.42. The Morgan fingerprint density at radius 2 is 1.83 bits per heavy atom. The zero-order chi connectivity index (χ0) is 17.4. The van der Waals surface area contributed by atoms with E-state index in [1.807, 2.05) is 24.3 Å². The van der Waals surface area contributed by atoms with Crippen molar-refractivity contribution in [3.63, 3.8) is 0 Å². The highest BCUT2D eigenvalue weighted by atomic mass is 32.1. The van der Waals surface area contributed by atoms with Crippen molar-refractivity contribution in [1.82, 2.24) is 15.6 Å². The molecule has 0 spiro atoms. The van der Waals surface area contributed by atoms with Gasteiger partial charge in [-0.2, -0.15) is 0 Å². The number of rotatable bonds is 8. The van der Waals surface area contributed by atoms with Crippen LogP contribution < -0.4 is 15.4 Å². The number of ether oxygens (including phenoxy) is 1. The molecule has 0 fully saturated rings. The molecular weight excluding hydrogens is 322 g/mol. The number of amides is 2. The molecule has 0 aliphatic rings. The van der Waals surface area contributed by atoms with E-state index in [4.69, 9.17) is 4.74 Å². The fourth-order valence-electron chi connectivity index (χ4n) is 2.38. The fourth-order valence-corrected chi connectivity index (χ4v) is 3.40. The number of hydrogen-bond donors (Lipinski definition) is 2. The molecule has 0 unspecified atom stereocenters. The average Bonchev–Trinajstić information content (AvgIpc) is 2.95. The van der Waals surface area contributed by atoms with Gasteiger partial charge in [0.15, 0.2) is 0 Å². The van der Waals surface area contributed by atoms with Gasteiger partial charge in [-0.3, -0.25) is 0 Å². The first-order chi connectivity index (χ1) is 11.6. The number of methoxy groups -OCH3 is 1. The number of aryl methyl sites for hydroxylation is 2. The molecule has 0 atom stereocenters. The zero-order valence-electron chi connectivity index (χ0n) is 14.5. The molecule has 2 aromatic rings. The van der Waals surface area contributed by atoms with Crippen molar-refractivity contribution in [3.05, 3.63) is 45.4 Å². The molecule has 2 amide bonds. The molecule has 1 aromatic heterocycles. The maximum Gasteiger partial charge on any atom is 0.314 e. The van der Waals surface area contributed by atoms with Gasteiger partial charge in [-0.05, 0) is 37.5 Å². The van der Waals surface area contributed by atoms with E-state index in [-0.39, 0.29) is 6.03 Å². The van der Waals surface area contributed by atoms with Gasteiger partial charge in [0, 0.05) is 24.4 Å². The van der Waals surface area contributed by atoms with E-state index in [0.717, 1.165) is 30.0 Å². The lowest BCUT2D eigenvalue weighted by atomic mass is 10.1. The van der Waals surface area contributed by atoms with Crippen molar-refractivity contribution in [2.75, 3.05) is 20.2 Å². The molecule has 1 heterocycles. The molecule has 1 aromatic carbocycles. The monoisotopic (exact) mass is 347 g/mol. The average molecular weight is 347 g/mol. The summed E-state index contributed by atoms with van der Waals surface area (Å²) in [7, 11) is 1.65. The lowest BCUT2D eigenvalue weighted by molar-refractivity contribution is 0.241. The predicted octanol–water partition coefficient (Wildman–Crippen LogP) is 3.11. The van der Waals surface area contributed by atoms with Gasteiger partial charge >= 0.3 is 6.03 Å². The van der Waals surface area contributed by atoms with E-state index >= 15 is 0 Å². The lowest BCUT2D eigenvalue weighted by Crippen LogP contribution is -2.37. The van der Waals surface area contributed by atoms with Gasteiger partial charge in [-0.25, -0.2) is 9.78 Å². The van der Waals surface area contributed by atoms with E-state index in [0.29, 0.717) is 13.1 Å². The first-order valence-electron chi connectivity index (χ1n) is 8.22. The quantitative estimate of drug-likeness (QED) is 0.771.